The molecule has 28 heavy (non-hydrogen) atoms. The van der Waals surface area contributed by atoms with Crippen LogP contribution in [-0.2, 0) is 9.53 Å². The topological polar surface area (TPSA) is 86.8 Å². The highest BCUT2D eigenvalue weighted by atomic mass is 16.7. The van der Waals surface area contributed by atoms with E-state index in [0.29, 0.717) is 39.3 Å². The zero-order chi connectivity index (χ0) is 19.7. The van der Waals surface area contributed by atoms with Gasteiger partial charge in [-0.2, -0.15) is 0 Å². The summed E-state index contributed by atoms with van der Waals surface area (Å²) in [6.07, 6.45) is -0.981. The first-order valence-corrected chi connectivity index (χ1v) is 8.79. The molecule has 0 radical (unpaired) electrons. The molecule has 1 aliphatic rings. The van der Waals surface area contributed by atoms with Crippen molar-refractivity contribution in [3.63, 3.8) is 0 Å². The van der Waals surface area contributed by atoms with Gasteiger partial charge >= 0.3 is 5.97 Å². The van der Waals surface area contributed by atoms with E-state index in [0.717, 1.165) is 0 Å². The Morgan fingerprint density at radius 1 is 1.11 bits per heavy atom. The van der Waals surface area contributed by atoms with Crippen molar-refractivity contribution in [3.05, 3.63) is 59.8 Å². The summed E-state index contributed by atoms with van der Waals surface area (Å²) in [6.45, 7) is 3.48. The summed E-state index contributed by atoms with van der Waals surface area (Å²) in [5, 5.41) is 3.39. The Morgan fingerprint density at radius 3 is 2.75 bits per heavy atom. The number of esters is 1. The number of nitrogens with one attached hydrogen (secondary N) is 1. The number of rotatable bonds is 4. The average Bonchev–Trinajstić information content (AvgIpc) is 3.15. The second-order valence-electron chi connectivity index (χ2n) is 6.43. The normalized spacial score (nSPS) is 13.2. The summed E-state index contributed by atoms with van der Waals surface area (Å²) < 4.78 is 15.9. The van der Waals surface area contributed by atoms with E-state index in [4.69, 9.17) is 14.2 Å². The van der Waals surface area contributed by atoms with E-state index in [1.807, 2.05) is 18.2 Å². The minimum atomic E-state index is -0.981. The van der Waals surface area contributed by atoms with Crippen LogP contribution in [0.4, 0.5) is 5.69 Å². The van der Waals surface area contributed by atoms with Crippen LogP contribution in [0.5, 0.6) is 11.5 Å². The van der Waals surface area contributed by atoms with Gasteiger partial charge in [-0.25, -0.2) is 4.79 Å². The zero-order valence-corrected chi connectivity index (χ0v) is 15.4. The maximum Gasteiger partial charge on any atom is 0.339 e. The number of fused-ring (bicyclic) bond motifs is 2. The van der Waals surface area contributed by atoms with Crippen molar-refractivity contribution < 1.29 is 23.8 Å². The molecule has 142 valence electrons. The number of aryl methyl sites for hydroxylation is 1. The lowest BCUT2D eigenvalue weighted by molar-refractivity contribution is -0.123. The number of aromatic nitrogens is 1. The lowest BCUT2D eigenvalue weighted by atomic mass is 10.1. The van der Waals surface area contributed by atoms with Gasteiger partial charge in [-0.3, -0.25) is 9.78 Å². The van der Waals surface area contributed by atoms with Gasteiger partial charge in [-0.1, -0.05) is 18.2 Å². The lowest BCUT2D eigenvalue weighted by Crippen LogP contribution is -2.30. The Morgan fingerprint density at radius 2 is 1.89 bits per heavy atom. The fraction of sp³-hybridized carbons (Fsp3) is 0.190. The number of amides is 1. The van der Waals surface area contributed by atoms with E-state index in [9.17, 15) is 9.59 Å². The standard InChI is InChI=1S/C21H18N2O5/c1-12-9-16(15-5-3-4-6-17(15)22-12)21(25)28-13(2)20(24)23-14-7-8-18-19(10-14)27-11-26-18/h3-10,13H,11H2,1-2H3,(H,23,24). The molecule has 3 aromatic rings. The summed E-state index contributed by atoms with van der Waals surface area (Å²) >= 11 is 0. The minimum absolute atomic E-state index is 0.153. The molecular weight excluding hydrogens is 360 g/mol. The highest BCUT2D eigenvalue weighted by Crippen LogP contribution is 2.34. The third-order valence-corrected chi connectivity index (χ3v) is 4.36. The number of carbonyl (C=O) groups excluding carboxylic acids is 2. The summed E-state index contributed by atoms with van der Waals surface area (Å²) in [6, 6.07) is 14.0. The monoisotopic (exact) mass is 378 g/mol. The van der Waals surface area contributed by atoms with Crippen molar-refractivity contribution in [1.82, 2.24) is 4.98 Å². The van der Waals surface area contributed by atoms with Gasteiger partial charge in [0.25, 0.3) is 5.91 Å². The molecule has 0 saturated heterocycles. The molecule has 7 nitrogen and oxygen atoms in total. The molecule has 1 atom stereocenters. The lowest BCUT2D eigenvalue weighted by Gasteiger charge is -2.15. The van der Waals surface area contributed by atoms with Crippen LogP contribution in [-0.4, -0.2) is 29.8 Å². The zero-order valence-electron chi connectivity index (χ0n) is 15.4. The molecule has 0 aliphatic carbocycles. The molecule has 1 N–H and O–H groups in total. The Hall–Kier alpha value is -3.61. The molecule has 0 spiro atoms. The van der Waals surface area contributed by atoms with E-state index in [-0.39, 0.29) is 6.79 Å². The van der Waals surface area contributed by atoms with Crippen LogP contribution in [0.2, 0.25) is 0 Å². The maximum absolute atomic E-state index is 12.7. The van der Waals surface area contributed by atoms with Gasteiger partial charge in [0.15, 0.2) is 17.6 Å². The molecule has 2 aromatic carbocycles. The van der Waals surface area contributed by atoms with Gasteiger partial charge in [-0.15, -0.1) is 0 Å². The van der Waals surface area contributed by atoms with Crippen molar-refractivity contribution in [2.24, 2.45) is 0 Å². The molecular formula is C21H18N2O5. The number of nitrogens with zero attached hydrogens (tertiary/aromatic N) is 1. The fourth-order valence-electron chi connectivity index (χ4n) is 2.97. The molecule has 1 amide bonds. The SMILES string of the molecule is Cc1cc(C(=O)OC(C)C(=O)Nc2ccc3c(c2)OCO3)c2ccccc2n1. The number of carbonyl (C=O) groups is 2. The highest BCUT2D eigenvalue weighted by Gasteiger charge is 2.22. The Labute approximate surface area is 161 Å². The Bertz CT molecular complexity index is 1080. The van der Waals surface area contributed by atoms with E-state index in [1.54, 1.807) is 37.3 Å². The van der Waals surface area contributed by atoms with Crippen molar-refractivity contribution >= 4 is 28.5 Å². The predicted molar refractivity (Wildman–Crippen MR) is 103 cm³/mol. The molecule has 1 aromatic heterocycles. The largest absolute Gasteiger partial charge is 0.454 e. The number of para-hydroxylation sites is 1. The van der Waals surface area contributed by atoms with Gasteiger partial charge in [0, 0.05) is 22.8 Å². The van der Waals surface area contributed by atoms with E-state index in [1.165, 1.54) is 6.92 Å². The van der Waals surface area contributed by atoms with Gasteiger partial charge < -0.3 is 19.5 Å². The smallest absolute Gasteiger partial charge is 0.339 e. The predicted octanol–water partition coefficient (Wildman–Crippen LogP) is 3.46. The molecule has 0 saturated carbocycles. The summed E-state index contributed by atoms with van der Waals surface area (Å²) in [5.74, 6) is 0.163. The van der Waals surface area contributed by atoms with Crippen LogP contribution in [0.3, 0.4) is 0 Å². The average molecular weight is 378 g/mol. The third-order valence-electron chi connectivity index (χ3n) is 4.36. The van der Waals surface area contributed by atoms with Crippen LogP contribution in [0.1, 0.15) is 23.0 Å². The van der Waals surface area contributed by atoms with Crippen LogP contribution < -0.4 is 14.8 Å². The summed E-state index contributed by atoms with van der Waals surface area (Å²) in [5.41, 5.74) is 2.31. The minimum Gasteiger partial charge on any atom is -0.454 e. The molecule has 7 heteroatoms. The number of ether oxygens (including phenoxy) is 3. The van der Waals surface area contributed by atoms with Crippen LogP contribution in [0.15, 0.2) is 48.5 Å². The summed E-state index contributed by atoms with van der Waals surface area (Å²) in [4.78, 5) is 29.5. The third kappa shape index (κ3) is 3.46. The van der Waals surface area contributed by atoms with Gasteiger partial charge in [0.05, 0.1) is 11.1 Å². The number of anilines is 1. The van der Waals surface area contributed by atoms with E-state index < -0.39 is 18.0 Å². The van der Waals surface area contributed by atoms with Crippen molar-refractivity contribution in [3.8, 4) is 11.5 Å². The quantitative estimate of drug-likeness (QED) is 0.700. The molecule has 4 rings (SSSR count). The first kappa shape index (κ1) is 17.8. The van der Waals surface area contributed by atoms with Crippen LogP contribution in [0, 0.1) is 6.92 Å². The molecule has 2 heterocycles. The van der Waals surface area contributed by atoms with Crippen molar-refractivity contribution in [2.45, 2.75) is 20.0 Å². The van der Waals surface area contributed by atoms with Crippen molar-refractivity contribution in [2.75, 3.05) is 12.1 Å². The number of pyridine rings is 1. The van der Waals surface area contributed by atoms with Gasteiger partial charge in [0.2, 0.25) is 6.79 Å². The van der Waals surface area contributed by atoms with Crippen molar-refractivity contribution in [1.29, 1.82) is 0 Å². The van der Waals surface area contributed by atoms with Crippen LogP contribution >= 0.6 is 0 Å². The number of hydrogen-bond acceptors (Lipinski definition) is 6. The highest BCUT2D eigenvalue weighted by molar-refractivity contribution is 6.05. The first-order valence-electron chi connectivity index (χ1n) is 8.79. The Balaban J connectivity index is 1.48. The number of benzene rings is 2. The second kappa shape index (κ2) is 7.19. The second-order valence-corrected chi connectivity index (χ2v) is 6.43. The van der Waals surface area contributed by atoms with E-state index in [2.05, 4.69) is 10.3 Å². The molecule has 1 unspecified atom stereocenters. The molecule has 1 aliphatic heterocycles. The molecule has 0 fully saturated rings. The van der Waals surface area contributed by atoms with Gasteiger partial charge in [-0.05, 0) is 38.1 Å². The molecule has 0 bridgehead atoms. The maximum atomic E-state index is 12.7. The van der Waals surface area contributed by atoms with Crippen LogP contribution in [0.25, 0.3) is 10.9 Å². The number of hydrogen-bond donors (Lipinski definition) is 1. The Kier molecular flexibility index (Phi) is 4.57. The fourth-order valence-corrected chi connectivity index (χ4v) is 2.97. The van der Waals surface area contributed by atoms with Gasteiger partial charge in [0.1, 0.15) is 0 Å². The van der Waals surface area contributed by atoms with E-state index >= 15 is 0 Å². The first-order chi connectivity index (χ1) is 13.5. The summed E-state index contributed by atoms with van der Waals surface area (Å²) in [7, 11) is 0.